The number of hydrogen-bond donors (Lipinski definition) is 0. The third kappa shape index (κ3) is 3.83. The molecule has 0 saturated heterocycles. The molecule has 0 N–H and O–H groups in total. The summed E-state index contributed by atoms with van der Waals surface area (Å²) in [5.74, 6) is 0. The van der Waals surface area contributed by atoms with E-state index in [0.29, 0.717) is 0 Å². The lowest BCUT2D eigenvalue weighted by Gasteiger charge is -2.12. The number of fused-ring (bicyclic) bond motifs is 10. The summed E-state index contributed by atoms with van der Waals surface area (Å²) in [6, 6.07) is 62.7. The Morgan fingerprint density at radius 2 is 0.918 bits per heavy atom. The summed E-state index contributed by atoms with van der Waals surface area (Å²) < 4.78 is 4.88. The first-order chi connectivity index (χ1) is 24.3. The third-order valence-corrected chi connectivity index (χ3v) is 10.7. The molecule has 49 heavy (non-hydrogen) atoms. The zero-order valence-corrected chi connectivity index (χ0v) is 26.8. The molecule has 0 amide bonds. The normalized spacial score (nSPS) is 12.4. The molecule has 2 heteroatoms. The van der Waals surface area contributed by atoms with Crippen molar-refractivity contribution in [2.75, 3.05) is 0 Å². The monoisotopic (exact) mass is 622 g/mol. The van der Waals surface area contributed by atoms with Crippen molar-refractivity contribution >= 4 is 54.4 Å². The van der Waals surface area contributed by atoms with E-state index in [4.69, 9.17) is 0 Å². The van der Waals surface area contributed by atoms with E-state index < -0.39 is 0 Å². The average molecular weight is 623 g/mol. The van der Waals surface area contributed by atoms with Gasteiger partial charge in [0.05, 0.1) is 27.8 Å². The van der Waals surface area contributed by atoms with Crippen LogP contribution < -0.4 is 0 Å². The molecule has 2 aromatic heterocycles. The van der Waals surface area contributed by atoms with Crippen molar-refractivity contribution in [1.29, 1.82) is 0 Å². The maximum Gasteiger partial charge on any atom is 0.0541 e. The molecule has 2 nitrogen and oxygen atoms in total. The van der Waals surface area contributed by atoms with Gasteiger partial charge in [-0.05, 0) is 99.8 Å². The van der Waals surface area contributed by atoms with Gasteiger partial charge in [0.15, 0.2) is 0 Å². The molecule has 11 rings (SSSR count). The van der Waals surface area contributed by atoms with Crippen LogP contribution in [0.5, 0.6) is 0 Å². The Bertz CT molecular complexity index is 2970. The number of aromatic nitrogens is 2. The summed E-state index contributed by atoms with van der Waals surface area (Å²) in [5.41, 5.74) is 15.3. The molecular formula is C47H30N2. The Balaban J connectivity index is 1.08. The lowest BCUT2D eigenvalue weighted by molar-refractivity contribution is 1.16. The zero-order valence-electron chi connectivity index (χ0n) is 26.8. The van der Waals surface area contributed by atoms with Crippen LogP contribution >= 0.6 is 0 Å². The standard InChI is InChI=1S/C47H30N2/c1-4-14-38-30(10-1)12-9-19-43(38)49-45-18-8-6-16-40(45)42-29-32(21-25-47(42)49)31-20-24-46-41(28-31)39-15-5-7-17-44(39)48(46)35-22-23-37-34(27-35)26-33-11-2-3-13-36(33)37/h1-25,27-29H,26H2. The van der Waals surface area contributed by atoms with Crippen LogP contribution in [0, 0.1) is 0 Å². The van der Waals surface area contributed by atoms with Gasteiger partial charge in [-0.25, -0.2) is 0 Å². The van der Waals surface area contributed by atoms with E-state index in [9.17, 15) is 0 Å². The Morgan fingerprint density at radius 3 is 1.69 bits per heavy atom. The van der Waals surface area contributed by atoms with Gasteiger partial charge in [0.1, 0.15) is 0 Å². The fourth-order valence-corrected chi connectivity index (χ4v) is 8.52. The molecule has 8 aromatic carbocycles. The molecule has 0 atom stereocenters. The molecule has 0 aliphatic heterocycles. The highest BCUT2D eigenvalue weighted by Gasteiger charge is 2.21. The lowest BCUT2D eigenvalue weighted by Crippen LogP contribution is -1.95. The smallest absolute Gasteiger partial charge is 0.0541 e. The molecule has 2 heterocycles. The van der Waals surface area contributed by atoms with Gasteiger partial charge in [0, 0.05) is 32.6 Å². The zero-order chi connectivity index (χ0) is 32.1. The summed E-state index contributed by atoms with van der Waals surface area (Å²) in [4.78, 5) is 0. The summed E-state index contributed by atoms with van der Waals surface area (Å²) in [6.07, 6.45) is 0.986. The van der Waals surface area contributed by atoms with Crippen molar-refractivity contribution in [3.63, 3.8) is 0 Å². The highest BCUT2D eigenvalue weighted by atomic mass is 15.0. The summed E-state index contributed by atoms with van der Waals surface area (Å²) in [5, 5.41) is 7.59. The minimum Gasteiger partial charge on any atom is -0.309 e. The first-order valence-electron chi connectivity index (χ1n) is 17.1. The molecule has 228 valence electrons. The molecule has 0 radical (unpaired) electrons. The van der Waals surface area contributed by atoms with E-state index in [1.54, 1.807) is 0 Å². The summed E-state index contributed by atoms with van der Waals surface area (Å²) in [7, 11) is 0. The van der Waals surface area contributed by atoms with Crippen LogP contribution in [0.15, 0.2) is 170 Å². The van der Waals surface area contributed by atoms with Crippen LogP contribution in [0.4, 0.5) is 0 Å². The molecule has 1 aliphatic carbocycles. The Labute approximate surface area is 283 Å². The first kappa shape index (κ1) is 26.7. The van der Waals surface area contributed by atoms with Crippen LogP contribution in [0.1, 0.15) is 11.1 Å². The number of para-hydroxylation sites is 2. The van der Waals surface area contributed by atoms with Gasteiger partial charge in [-0.15, -0.1) is 0 Å². The average Bonchev–Trinajstić information content (AvgIpc) is 3.81. The first-order valence-corrected chi connectivity index (χ1v) is 17.1. The van der Waals surface area contributed by atoms with E-state index in [-0.39, 0.29) is 0 Å². The van der Waals surface area contributed by atoms with Crippen LogP contribution in [-0.4, -0.2) is 9.13 Å². The van der Waals surface area contributed by atoms with Gasteiger partial charge in [-0.2, -0.15) is 0 Å². The van der Waals surface area contributed by atoms with Crippen LogP contribution in [0.2, 0.25) is 0 Å². The topological polar surface area (TPSA) is 9.86 Å². The van der Waals surface area contributed by atoms with Crippen LogP contribution in [0.3, 0.4) is 0 Å². The van der Waals surface area contributed by atoms with Gasteiger partial charge in [-0.1, -0.05) is 115 Å². The molecule has 1 aliphatic rings. The van der Waals surface area contributed by atoms with Crippen molar-refractivity contribution in [1.82, 2.24) is 9.13 Å². The fourth-order valence-electron chi connectivity index (χ4n) is 8.52. The quantitative estimate of drug-likeness (QED) is 0.186. The number of rotatable bonds is 3. The minimum atomic E-state index is 0.986. The Kier molecular flexibility index (Phi) is 5.47. The van der Waals surface area contributed by atoms with Crippen molar-refractivity contribution in [3.8, 4) is 33.6 Å². The van der Waals surface area contributed by atoms with E-state index in [1.165, 1.54) is 99.1 Å². The van der Waals surface area contributed by atoms with Crippen LogP contribution in [0.25, 0.3) is 88.0 Å². The van der Waals surface area contributed by atoms with Gasteiger partial charge < -0.3 is 9.13 Å². The Morgan fingerprint density at radius 1 is 0.347 bits per heavy atom. The van der Waals surface area contributed by atoms with Crippen molar-refractivity contribution in [2.45, 2.75) is 6.42 Å². The van der Waals surface area contributed by atoms with E-state index in [0.717, 1.165) is 6.42 Å². The third-order valence-electron chi connectivity index (χ3n) is 10.7. The van der Waals surface area contributed by atoms with E-state index in [1.807, 2.05) is 0 Å². The lowest BCUT2D eigenvalue weighted by atomic mass is 10.0. The second-order valence-corrected chi connectivity index (χ2v) is 13.3. The van der Waals surface area contributed by atoms with E-state index in [2.05, 4.69) is 179 Å². The van der Waals surface area contributed by atoms with E-state index >= 15 is 0 Å². The van der Waals surface area contributed by atoms with Crippen molar-refractivity contribution in [3.05, 3.63) is 181 Å². The highest BCUT2D eigenvalue weighted by molar-refractivity contribution is 6.13. The predicted octanol–water partition coefficient (Wildman–Crippen LogP) is 12.3. The maximum atomic E-state index is 2.44. The van der Waals surface area contributed by atoms with Gasteiger partial charge in [0.25, 0.3) is 0 Å². The number of benzene rings is 8. The predicted molar refractivity (Wildman–Crippen MR) is 206 cm³/mol. The second-order valence-electron chi connectivity index (χ2n) is 13.3. The van der Waals surface area contributed by atoms with Crippen LogP contribution in [-0.2, 0) is 6.42 Å². The molecule has 0 bridgehead atoms. The highest BCUT2D eigenvalue weighted by Crippen LogP contribution is 2.41. The number of hydrogen-bond acceptors (Lipinski definition) is 0. The largest absolute Gasteiger partial charge is 0.309 e. The van der Waals surface area contributed by atoms with Gasteiger partial charge >= 0.3 is 0 Å². The maximum absolute atomic E-state index is 2.44. The number of nitrogens with zero attached hydrogens (tertiary/aromatic N) is 2. The molecule has 0 spiro atoms. The molecule has 0 saturated carbocycles. The SMILES string of the molecule is c1ccc2c(c1)Cc1cc(-n3c4ccccc4c4cc(-c5ccc6c(c5)c5ccccc5n6-c5cccc6ccccc56)ccc43)ccc1-2. The Hall–Kier alpha value is -6.38. The minimum absolute atomic E-state index is 0.986. The molecule has 0 unspecified atom stereocenters. The summed E-state index contributed by atoms with van der Waals surface area (Å²) in [6.45, 7) is 0. The molecule has 0 fully saturated rings. The fraction of sp³-hybridized carbons (Fsp3) is 0.0213. The van der Waals surface area contributed by atoms with Gasteiger partial charge in [-0.3, -0.25) is 0 Å². The molecular weight excluding hydrogens is 593 g/mol. The summed E-state index contributed by atoms with van der Waals surface area (Å²) >= 11 is 0. The van der Waals surface area contributed by atoms with Crippen molar-refractivity contribution < 1.29 is 0 Å². The second kappa shape index (κ2) is 10.1. The van der Waals surface area contributed by atoms with Crippen molar-refractivity contribution in [2.24, 2.45) is 0 Å². The van der Waals surface area contributed by atoms with Gasteiger partial charge in [0.2, 0.25) is 0 Å². The molecule has 10 aromatic rings.